The highest BCUT2D eigenvalue weighted by Gasteiger charge is 2.49. The van der Waals surface area contributed by atoms with E-state index < -0.39 is 22.4 Å². The summed E-state index contributed by atoms with van der Waals surface area (Å²) in [6.07, 6.45) is 0. The number of aryl methyl sites for hydroxylation is 1. The summed E-state index contributed by atoms with van der Waals surface area (Å²) in [7, 11) is 0. The number of urea groups is 1. The molecule has 1 aliphatic heterocycles. The molecule has 2 aromatic carbocycles. The maximum Gasteiger partial charge on any atom is 0.325 e. The molecule has 152 valence electrons. The minimum atomic E-state index is -1.44. The Hall–Kier alpha value is -4.08. The van der Waals surface area contributed by atoms with Gasteiger partial charge in [0.15, 0.2) is 0 Å². The number of hydrogen-bond acceptors (Lipinski definition) is 7. The van der Waals surface area contributed by atoms with E-state index in [-0.39, 0.29) is 24.0 Å². The van der Waals surface area contributed by atoms with E-state index in [1.54, 1.807) is 6.07 Å². The van der Waals surface area contributed by atoms with Gasteiger partial charge in [-0.15, -0.1) is 10.2 Å². The van der Waals surface area contributed by atoms with Crippen LogP contribution in [0.1, 0.15) is 23.9 Å². The Morgan fingerprint density at radius 2 is 1.90 bits per heavy atom. The Morgan fingerprint density at radius 1 is 1.17 bits per heavy atom. The molecule has 0 radical (unpaired) electrons. The Balaban J connectivity index is 1.57. The Kier molecular flexibility index (Phi) is 4.53. The summed E-state index contributed by atoms with van der Waals surface area (Å²) in [4.78, 5) is 37.0. The van der Waals surface area contributed by atoms with Gasteiger partial charge in [-0.25, -0.2) is 4.79 Å². The molecule has 1 saturated heterocycles. The number of aromatic nitrogens is 2. The molecule has 1 aromatic heterocycles. The third-order valence-corrected chi connectivity index (χ3v) is 4.97. The third-order valence-electron chi connectivity index (χ3n) is 4.97. The number of rotatable bonds is 5. The van der Waals surface area contributed by atoms with Crippen LogP contribution in [0.2, 0.25) is 0 Å². The smallest absolute Gasteiger partial charge is 0.325 e. The van der Waals surface area contributed by atoms with Crippen molar-refractivity contribution >= 4 is 17.6 Å². The number of nitrogens with one attached hydrogen (secondary N) is 1. The molecule has 4 rings (SSSR count). The Morgan fingerprint density at radius 3 is 2.60 bits per heavy atom. The van der Waals surface area contributed by atoms with Crippen molar-refractivity contribution in [2.45, 2.75) is 25.9 Å². The first-order chi connectivity index (χ1) is 14.3. The number of carbonyl (C=O) groups is 2. The first-order valence-corrected chi connectivity index (χ1v) is 9.06. The predicted molar refractivity (Wildman–Crippen MR) is 104 cm³/mol. The highest BCUT2D eigenvalue weighted by atomic mass is 16.6. The van der Waals surface area contributed by atoms with Crippen molar-refractivity contribution < 1.29 is 18.9 Å². The second kappa shape index (κ2) is 7.07. The number of amides is 3. The molecule has 10 heteroatoms. The summed E-state index contributed by atoms with van der Waals surface area (Å²) in [5, 5.41) is 21.6. The molecule has 3 aromatic rings. The van der Waals surface area contributed by atoms with Gasteiger partial charge in [0.25, 0.3) is 11.6 Å². The average Bonchev–Trinajstić information content (AvgIpc) is 3.28. The number of nitro groups is 1. The molecule has 30 heavy (non-hydrogen) atoms. The standard InChI is InChI=1S/C20H17N5O5/c1-12-6-8-13(9-7-12)17-23-22-16(30-17)11-24-18(26)20(2,21-19(24)27)14-4-3-5-15(10-14)25(28)29/h3-10H,11H2,1-2H3,(H,21,27). The fraction of sp³-hybridized carbons (Fsp3) is 0.200. The van der Waals surface area contributed by atoms with Gasteiger partial charge in [0.2, 0.25) is 11.8 Å². The molecular formula is C20H17N5O5. The lowest BCUT2D eigenvalue weighted by molar-refractivity contribution is -0.385. The van der Waals surface area contributed by atoms with Gasteiger partial charge in [0, 0.05) is 17.7 Å². The maximum absolute atomic E-state index is 13.0. The predicted octanol–water partition coefficient (Wildman–Crippen LogP) is 2.92. The molecule has 1 N–H and O–H groups in total. The van der Waals surface area contributed by atoms with Gasteiger partial charge in [-0.3, -0.25) is 19.8 Å². The van der Waals surface area contributed by atoms with E-state index in [0.29, 0.717) is 5.56 Å². The van der Waals surface area contributed by atoms with Crippen molar-refractivity contribution in [2.24, 2.45) is 0 Å². The quantitative estimate of drug-likeness (QED) is 0.391. The molecule has 1 unspecified atom stereocenters. The zero-order chi connectivity index (χ0) is 21.5. The van der Waals surface area contributed by atoms with Crippen LogP contribution < -0.4 is 5.32 Å². The summed E-state index contributed by atoms with van der Waals surface area (Å²) in [6.45, 7) is 3.24. The van der Waals surface area contributed by atoms with E-state index >= 15 is 0 Å². The van der Waals surface area contributed by atoms with Crippen molar-refractivity contribution in [1.29, 1.82) is 0 Å². The first-order valence-electron chi connectivity index (χ1n) is 9.06. The highest BCUT2D eigenvalue weighted by Crippen LogP contribution is 2.31. The average molecular weight is 407 g/mol. The van der Waals surface area contributed by atoms with Crippen LogP contribution >= 0.6 is 0 Å². The number of benzene rings is 2. The molecule has 2 heterocycles. The number of carbonyl (C=O) groups excluding carboxylic acids is 2. The number of imide groups is 1. The summed E-state index contributed by atoms with van der Waals surface area (Å²) in [5.41, 5.74) is 0.497. The van der Waals surface area contributed by atoms with Crippen LogP contribution in [-0.4, -0.2) is 32.0 Å². The van der Waals surface area contributed by atoms with E-state index in [4.69, 9.17) is 4.42 Å². The van der Waals surface area contributed by atoms with Crippen molar-refractivity contribution in [1.82, 2.24) is 20.4 Å². The molecule has 0 aliphatic carbocycles. The Labute approximate surface area is 170 Å². The zero-order valence-corrected chi connectivity index (χ0v) is 16.2. The molecular weight excluding hydrogens is 390 g/mol. The minimum absolute atomic E-state index is 0.0948. The van der Waals surface area contributed by atoms with Crippen LogP contribution in [0, 0.1) is 17.0 Å². The van der Waals surface area contributed by atoms with E-state index in [1.807, 2.05) is 31.2 Å². The van der Waals surface area contributed by atoms with Crippen molar-refractivity contribution in [2.75, 3.05) is 0 Å². The fourth-order valence-electron chi connectivity index (χ4n) is 3.23. The first kappa shape index (κ1) is 19.2. The maximum atomic E-state index is 13.0. The van der Waals surface area contributed by atoms with Gasteiger partial charge in [-0.1, -0.05) is 29.8 Å². The second-order valence-electron chi connectivity index (χ2n) is 7.12. The molecule has 0 saturated carbocycles. The van der Waals surface area contributed by atoms with Gasteiger partial charge in [0.1, 0.15) is 12.1 Å². The lowest BCUT2D eigenvalue weighted by Crippen LogP contribution is -2.40. The summed E-state index contributed by atoms with van der Waals surface area (Å²) < 4.78 is 5.61. The van der Waals surface area contributed by atoms with E-state index in [0.717, 1.165) is 16.0 Å². The van der Waals surface area contributed by atoms with Crippen LogP contribution in [0.5, 0.6) is 0 Å². The normalized spacial score (nSPS) is 18.5. The number of nitrogens with zero attached hydrogens (tertiary/aromatic N) is 4. The lowest BCUT2D eigenvalue weighted by Gasteiger charge is -2.21. The lowest BCUT2D eigenvalue weighted by atomic mass is 9.91. The summed E-state index contributed by atoms with van der Waals surface area (Å²) in [6, 6.07) is 12.4. The second-order valence-corrected chi connectivity index (χ2v) is 7.12. The molecule has 0 bridgehead atoms. The molecule has 10 nitrogen and oxygen atoms in total. The SMILES string of the molecule is Cc1ccc(-c2nnc(CN3C(=O)NC(C)(c4cccc([N+](=O)[O-])c4)C3=O)o2)cc1. The monoisotopic (exact) mass is 407 g/mol. The van der Waals surface area contributed by atoms with Crippen LogP contribution in [0.3, 0.4) is 0 Å². The molecule has 1 atom stereocenters. The van der Waals surface area contributed by atoms with Gasteiger partial charge in [-0.05, 0) is 31.5 Å². The molecule has 0 spiro atoms. The van der Waals surface area contributed by atoms with Crippen molar-refractivity contribution in [3.63, 3.8) is 0 Å². The number of hydrogen-bond donors (Lipinski definition) is 1. The van der Waals surface area contributed by atoms with Gasteiger partial charge in [0.05, 0.1) is 4.92 Å². The summed E-state index contributed by atoms with van der Waals surface area (Å²) >= 11 is 0. The summed E-state index contributed by atoms with van der Waals surface area (Å²) in [5.74, 6) is -0.195. The molecule has 1 fully saturated rings. The highest BCUT2D eigenvalue weighted by molar-refractivity contribution is 6.07. The van der Waals surface area contributed by atoms with Crippen molar-refractivity contribution in [3.05, 3.63) is 75.7 Å². The Bertz CT molecular complexity index is 1160. The third kappa shape index (κ3) is 3.28. The largest absolute Gasteiger partial charge is 0.419 e. The molecule has 3 amide bonds. The van der Waals surface area contributed by atoms with Crippen LogP contribution in [-0.2, 0) is 16.9 Å². The van der Waals surface area contributed by atoms with Gasteiger partial charge >= 0.3 is 6.03 Å². The molecule has 1 aliphatic rings. The fourth-order valence-corrected chi connectivity index (χ4v) is 3.23. The van der Waals surface area contributed by atoms with Gasteiger partial charge < -0.3 is 9.73 Å². The van der Waals surface area contributed by atoms with E-state index in [1.165, 1.54) is 25.1 Å². The van der Waals surface area contributed by atoms with E-state index in [2.05, 4.69) is 15.5 Å². The van der Waals surface area contributed by atoms with E-state index in [9.17, 15) is 19.7 Å². The van der Waals surface area contributed by atoms with Crippen LogP contribution in [0.25, 0.3) is 11.5 Å². The minimum Gasteiger partial charge on any atom is -0.419 e. The van der Waals surface area contributed by atoms with Crippen LogP contribution in [0.15, 0.2) is 52.9 Å². The topological polar surface area (TPSA) is 131 Å². The zero-order valence-electron chi connectivity index (χ0n) is 16.2. The number of non-ortho nitro benzene ring substituents is 1. The van der Waals surface area contributed by atoms with Gasteiger partial charge in [-0.2, -0.15) is 0 Å². The van der Waals surface area contributed by atoms with Crippen molar-refractivity contribution in [3.8, 4) is 11.5 Å². The van der Waals surface area contributed by atoms with Crippen LogP contribution in [0.4, 0.5) is 10.5 Å². The number of nitro benzene ring substituents is 1.